The Morgan fingerprint density at radius 2 is 1.91 bits per heavy atom. The Morgan fingerprint density at radius 1 is 1.16 bits per heavy atom. The first-order chi connectivity index (χ1) is 14.8. The topological polar surface area (TPSA) is 90.9 Å². The van der Waals surface area contributed by atoms with Crippen LogP contribution in [0.15, 0.2) is 47.5 Å². The van der Waals surface area contributed by atoms with Crippen LogP contribution < -0.4 is 15.5 Å². The van der Waals surface area contributed by atoms with Crippen LogP contribution in [0.4, 0.5) is 10.1 Å². The number of aryl methyl sites for hydroxylation is 1. The number of hydrogen-bond donors (Lipinski definition) is 2. The number of halogens is 2. The van der Waals surface area contributed by atoms with Crippen LogP contribution in [0.1, 0.15) is 23.1 Å². The lowest BCUT2D eigenvalue weighted by Gasteiger charge is -2.29. The zero-order chi connectivity index (χ0) is 22.4. The predicted octanol–water partition coefficient (Wildman–Crippen LogP) is 2.63. The van der Waals surface area contributed by atoms with Crippen molar-refractivity contribution >= 4 is 51.4 Å². The first-order valence-corrected chi connectivity index (χ1v) is 12.1. The minimum atomic E-state index is -3.26. The molecule has 10 heteroatoms. The maximum atomic E-state index is 13.7. The third-order valence-corrected chi connectivity index (χ3v) is 5.91. The van der Waals surface area contributed by atoms with Crippen molar-refractivity contribution < 1.29 is 17.6 Å². The fourth-order valence-electron chi connectivity index (χ4n) is 3.63. The van der Waals surface area contributed by atoms with Gasteiger partial charge in [0.1, 0.15) is 5.82 Å². The van der Waals surface area contributed by atoms with E-state index in [0.29, 0.717) is 23.6 Å². The van der Waals surface area contributed by atoms with E-state index in [-0.39, 0.29) is 48.7 Å². The monoisotopic (exact) mass is 574 g/mol. The molecule has 174 valence electrons. The molecule has 0 saturated carbocycles. The highest BCUT2D eigenvalue weighted by molar-refractivity contribution is 14.0. The second-order valence-corrected chi connectivity index (χ2v) is 9.68. The van der Waals surface area contributed by atoms with Crippen LogP contribution in [-0.2, 0) is 33.4 Å². The lowest BCUT2D eigenvalue weighted by molar-refractivity contribution is -0.117. The molecule has 0 bridgehead atoms. The molecule has 0 atom stereocenters. The quantitative estimate of drug-likeness (QED) is 0.315. The average Bonchev–Trinajstić information content (AvgIpc) is 2.74. The third kappa shape index (κ3) is 7.16. The van der Waals surface area contributed by atoms with E-state index in [4.69, 9.17) is 0 Å². The van der Waals surface area contributed by atoms with Crippen LogP contribution in [0.25, 0.3) is 0 Å². The van der Waals surface area contributed by atoms with Gasteiger partial charge >= 0.3 is 0 Å². The normalized spacial score (nSPS) is 13.7. The Morgan fingerprint density at radius 3 is 2.62 bits per heavy atom. The standard InChI is InChI=1S/C22H27FN4O3S.HI/c1-24-22(25-13-18-12-19(23)10-9-17(18)15-31(2,29)30)26-14-21(28)27-11-5-7-16-6-3-4-8-20(16)27;/h3-4,6,8-10,12H,5,7,11,13-15H2,1-2H3,(H2,24,25,26);1H. The summed E-state index contributed by atoms with van der Waals surface area (Å²) in [5, 5.41) is 6.01. The number of rotatable bonds is 6. The fourth-order valence-corrected chi connectivity index (χ4v) is 4.48. The molecule has 0 saturated heterocycles. The zero-order valence-corrected chi connectivity index (χ0v) is 21.2. The molecule has 2 aromatic carbocycles. The highest BCUT2D eigenvalue weighted by Crippen LogP contribution is 2.26. The van der Waals surface area contributed by atoms with Crippen LogP contribution in [0.5, 0.6) is 0 Å². The summed E-state index contributed by atoms with van der Waals surface area (Å²) in [6.45, 7) is 0.887. The average molecular weight is 574 g/mol. The van der Waals surface area contributed by atoms with Crippen LogP contribution in [0.3, 0.4) is 0 Å². The molecular formula is C22H28FIN4O3S. The summed E-state index contributed by atoms with van der Waals surface area (Å²) >= 11 is 0. The second kappa shape index (κ2) is 11.6. The lowest BCUT2D eigenvalue weighted by Crippen LogP contribution is -2.46. The van der Waals surface area contributed by atoms with E-state index in [1.807, 2.05) is 24.3 Å². The van der Waals surface area contributed by atoms with Crippen LogP contribution in [-0.4, -0.2) is 46.7 Å². The smallest absolute Gasteiger partial charge is 0.246 e. The summed E-state index contributed by atoms with van der Waals surface area (Å²) in [4.78, 5) is 18.7. The van der Waals surface area contributed by atoms with Crippen molar-refractivity contribution in [3.05, 3.63) is 65.0 Å². The SMILES string of the molecule is CN=C(NCC(=O)N1CCCc2ccccc21)NCc1cc(F)ccc1CS(C)(=O)=O.I. The third-order valence-electron chi connectivity index (χ3n) is 5.07. The maximum Gasteiger partial charge on any atom is 0.246 e. The Bertz CT molecular complexity index is 1090. The Hall–Kier alpha value is -2.21. The van der Waals surface area contributed by atoms with E-state index in [2.05, 4.69) is 15.6 Å². The van der Waals surface area contributed by atoms with Crippen LogP contribution in [0, 0.1) is 5.82 Å². The number of nitrogens with zero attached hydrogens (tertiary/aromatic N) is 2. The predicted molar refractivity (Wildman–Crippen MR) is 136 cm³/mol. The van der Waals surface area contributed by atoms with Crippen molar-refractivity contribution in [2.75, 3.05) is 31.3 Å². The number of nitrogens with one attached hydrogen (secondary N) is 2. The van der Waals surface area contributed by atoms with E-state index >= 15 is 0 Å². The molecule has 1 amide bonds. The van der Waals surface area contributed by atoms with E-state index < -0.39 is 15.7 Å². The molecular weight excluding hydrogens is 546 g/mol. The van der Waals surface area contributed by atoms with Crippen molar-refractivity contribution in [2.24, 2.45) is 4.99 Å². The van der Waals surface area contributed by atoms with Crippen molar-refractivity contribution in [3.8, 4) is 0 Å². The molecule has 2 aromatic rings. The number of sulfone groups is 1. The molecule has 2 N–H and O–H groups in total. The van der Waals surface area contributed by atoms with Gasteiger partial charge in [0.2, 0.25) is 5.91 Å². The largest absolute Gasteiger partial charge is 0.352 e. The summed E-state index contributed by atoms with van der Waals surface area (Å²) < 4.78 is 37.0. The number of aliphatic imine (C=N–C) groups is 1. The highest BCUT2D eigenvalue weighted by Gasteiger charge is 2.22. The number of carbonyl (C=O) groups is 1. The maximum absolute atomic E-state index is 13.7. The van der Waals surface area contributed by atoms with Gasteiger partial charge < -0.3 is 15.5 Å². The van der Waals surface area contributed by atoms with Gasteiger partial charge in [-0.2, -0.15) is 0 Å². The Labute approximate surface area is 205 Å². The zero-order valence-electron chi connectivity index (χ0n) is 18.1. The highest BCUT2D eigenvalue weighted by atomic mass is 127. The van der Waals surface area contributed by atoms with E-state index in [9.17, 15) is 17.6 Å². The van der Waals surface area contributed by atoms with Gasteiger partial charge in [0, 0.05) is 32.1 Å². The minimum Gasteiger partial charge on any atom is -0.352 e. The van der Waals surface area contributed by atoms with E-state index in [1.165, 1.54) is 18.2 Å². The summed E-state index contributed by atoms with van der Waals surface area (Å²) in [5.41, 5.74) is 3.14. The number of guanidine groups is 1. The molecule has 0 aliphatic carbocycles. The van der Waals surface area contributed by atoms with Gasteiger partial charge in [0.15, 0.2) is 15.8 Å². The van der Waals surface area contributed by atoms with E-state index in [1.54, 1.807) is 11.9 Å². The summed E-state index contributed by atoms with van der Waals surface area (Å²) in [6, 6.07) is 11.9. The molecule has 0 aromatic heterocycles. The summed E-state index contributed by atoms with van der Waals surface area (Å²) in [5.74, 6) is -0.328. The molecule has 3 rings (SSSR count). The molecule has 0 unspecified atom stereocenters. The number of anilines is 1. The number of carbonyl (C=O) groups excluding carboxylic acids is 1. The molecule has 0 radical (unpaired) electrons. The van der Waals surface area contributed by atoms with Gasteiger partial charge in [-0.3, -0.25) is 9.79 Å². The summed E-state index contributed by atoms with van der Waals surface area (Å²) in [7, 11) is -1.69. The second-order valence-electron chi connectivity index (χ2n) is 7.54. The van der Waals surface area contributed by atoms with Crippen molar-refractivity contribution in [1.29, 1.82) is 0 Å². The van der Waals surface area contributed by atoms with Crippen molar-refractivity contribution in [3.63, 3.8) is 0 Å². The van der Waals surface area contributed by atoms with Gasteiger partial charge in [0.05, 0.1) is 12.3 Å². The Kier molecular flexibility index (Phi) is 9.44. The van der Waals surface area contributed by atoms with Crippen LogP contribution in [0.2, 0.25) is 0 Å². The molecule has 7 nitrogen and oxygen atoms in total. The number of amides is 1. The summed E-state index contributed by atoms with van der Waals surface area (Å²) in [6.07, 6.45) is 3.01. The van der Waals surface area contributed by atoms with Gasteiger partial charge in [-0.05, 0) is 47.7 Å². The van der Waals surface area contributed by atoms with Crippen molar-refractivity contribution in [1.82, 2.24) is 10.6 Å². The molecule has 1 heterocycles. The minimum absolute atomic E-state index is 0. The molecule has 1 aliphatic rings. The number of benzene rings is 2. The number of fused-ring (bicyclic) bond motifs is 1. The van der Waals surface area contributed by atoms with Gasteiger partial charge in [0.25, 0.3) is 0 Å². The molecule has 0 spiro atoms. The molecule has 32 heavy (non-hydrogen) atoms. The lowest BCUT2D eigenvalue weighted by atomic mass is 10.0. The Balaban J connectivity index is 0.00000363. The number of hydrogen-bond acceptors (Lipinski definition) is 4. The molecule has 0 fully saturated rings. The van der Waals surface area contributed by atoms with Gasteiger partial charge in [-0.25, -0.2) is 12.8 Å². The molecule has 1 aliphatic heterocycles. The van der Waals surface area contributed by atoms with E-state index in [0.717, 1.165) is 30.3 Å². The van der Waals surface area contributed by atoms with Gasteiger partial charge in [-0.1, -0.05) is 24.3 Å². The first-order valence-electron chi connectivity index (χ1n) is 10.0. The van der Waals surface area contributed by atoms with Crippen LogP contribution >= 0.6 is 24.0 Å². The fraction of sp³-hybridized carbons (Fsp3) is 0.364. The van der Waals surface area contributed by atoms with Gasteiger partial charge in [-0.15, -0.1) is 24.0 Å². The van der Waals surface area contributed by atoms with Crippen molar-refractivity contribution in [2.45, 2.75) is 25.1 Å². The first kappa shape index (κ1) is 26.0. The number of para-hydroxylation sites is 1.